The van der Waals surface area contributed by atoms with Crippen molar-refractivity contribution in [3.8, 4) is 11.5 Å². The van der Waals surface area contributed by atoms with Crippen LogP contribution in [0.3, 0.4) is 0 Å². The minimum absolute atomic E-state index is 0.614. The van der Waals surface area contributed by atoms with E-state index in [-0.39, 0.29) is 0 Å². The highest BCUT2D eigenvalue weighted by Crippen LogP contribution is 2.31. The van der Waals surface area contributed by atoms with Gasteiger partial charge in [0.25, 0.3) is 0 Å². The summed E-state index contributed by atoms with van der Waals surface area (Å²) in [5, 5.41) is 0. The van der Waals surface area contributed by atoms with Crippen LogP contribution in [0.5, 0.6) is 11.5 Å². The van der Waals surface area contributed by atoms with E-state index in [1.54, 1.807) is 7.11 Å². The first-order chi connectivity index (χ1) is 10.6. The lowest BCUT2D eigenvalue weighted by Crippen LogP contribution is -2.46. The Morgan fingerprint density at radius 2 is 1.77 bits per heavy atom. The van der Waals surface area contributed by atoms with Crippen LogP contribution in [0.15, 0.2) is 56.2 Å². The van der Waals surface area contributed by atoms with Crippen molar-refractivity contribution >= 4 is 0 Å². The van der Waals surface area contributed by atoms with E-state index in [0.29, 0.717) is 6.61 Å². The second kappa shape index (κ2) is 9.11. The normalized spacial score (nSPS) is 10.8. The molecule has 0 unspecified atom stereocenters. The summed E-state index contributed by atoms with van der Waals surface area (Å²) in [5.74, 6) is 1.58. The summed E-state index contributed by atoms with van der Waals surface area (Å²) in [6, 6.07) is 5.94. The van der Waals surface area contributed by atoms with Crippen molar-refractivity contribution in [2.75, 3.05) is 40.4 Å². The van der Waals surface area contributed by atoms with E-state index in [9.17, 15) is 0 Å². The average Bonchev–Trinajstić information content (AvgIpc) is 2.49. The van der Waals surface area contributed by atoms with Gasteiger partial charge in [0.15, 0.2) is 11.5 Å². The number of hydrogen-bond donors (Lipinski definition) is 0. The first-order valence-electron chi connectivity index (χ1n) is 7.55. The molecular weight excluding hydrogens is 274 g/mol. The molecule has 0 saturated heterocycles. The van der Waals surface area contributed by atoms with Gasteiger partial charge in [-0.3, -0.25) is 0 Å². The molecule has 1 aromatic carbocycles. The minimum Gasteiger partial charge on any atom is -0.493 e. The molecule has 1 aromatic rings. The third-order valence-electron chi connectivity index (χ3n) is 3.66. The van der Waals surface area contributed by atoms with Gasteiger partial charge in [-0.15, -0.1) is 6.58 Å². The van der Waals surface area contributed by atoms with Crippen molar-refractivity contribution in [1.29, 1.82) is 0 Å². The van der Waals surface area contributed by atoms with Crippen LogP contribution in [0, 0.1) is 0 Å². The van der Waals surface area contributed by atoms with Crippen LogP contribution < -0.4 is 9.47 Å². The molecule has 0 saturated carbocycles. The van der Waals surface area contributed by atoms with E-state index in [0.717, 1.165) is 47.6 Å². The Hall–Kier alpha value is -2.00. The number of quaternary nitrogens is 1. The van der Waals surface area contributed by atoms with Gasteiger partial charge in [0.1, 0.15) is 13.2 Å². The SMILES string of the molecule is C=CCc1cccc(OC)c1OCC[N+](C)(CC=C)CC=C. The maximum atomic E-state index is 6.04. The summed E-state index contributed by atoms with van der Waals surface area (Å²) in [6.07, 6.45) is 6.51. The molecular formula is C19H28NO2+. The average molecular weight is 302 g/mol. The number of nitrogens with zero attached hydrogens (tertiary/aromatic N) is 1. The number of ether oxygens (including phenoxy) is 2. The standard InChI is InChI=1S/C19H28NO2/c1-6-10-17-11-9-12-18(21-5)19(17)22-16-15-20(4,13-7-2)14-8-3/h6-9,11-12H,1-3,10,13-16H2,4-5H3/q+1. The van der Waals surface area contributed by atoms with Gasteiger partial charge in [-0.25, -0.2) is 0 Å². The Bertz CT molecular complexity index is 498. The molecule has 0 fully saturated rings. The minimum atomic E-state index is 0.614. The fraction of sp³-hybridized carbons (Fsp3) is 0.368. The second-order valence-electron chi connectivity index (χ2n) is 5.58. The van der Waals surface area contributed by atoms with Crippen LogP contribution in [-0.2, 0) is 6.42 Å². The molecule has 0 atom stereocenters. The molecule has 0 amide bonds. The lowest BCUT2D eigenvalue weighted by Gasteiger charge is -2.32. The topological polar surface area (TPSA) is 18.5 Å². The van der Waals surface area contributed by atoms with Crippen LogP contribution in [-0.4, -0.2) is 44.9 Å². The molecule has 0 heterocycles. The Morgan fingerprint density at radius 1 is 1.09 bits per heavy atom. The smallest absolute Gasteiger partial charge is 0.164 e. The van der Waals surface area contributed by atoms with Crippen LogP contribution in [0.2, 0.25) is 0 Å². The third-order valence-corrected chi connectivity index (χ3v) is 3.66. The lowest BCUT2D eigenvalue weighted by atomic mass is 10.1. The van der Waals surface area contributed by atoms with Gasteiger partial charge in [0.2, 0.25) is 0 Å². The molecule has 0 radical (unpaired) electrons. The van der Waals surface area contributed by atoms with E-state index >= 15 is 0 Å². The van der Waals surface area contributed by atoms with Crippen molar-refractivity contribution in [1.82, 2.24) is 0 Å². The van der Waals surface area contributed by atoms with Crippen molar-refractivity contribution in [3.63, 3.8) is 0 Å². The fourth-order valence-electron chi connectivity index (χ4n) is 2.45. The number of para-hydroxylation sites is 1. The van der Waals surface area contributed by atoms with Gasteiger partial charge in [-0.1, -0.05) is 31.4 Å². The van der Waals surface area contributed by atoms with Crippen molar-refractivity contribution < 1.29 is 14.0 Å². The molecule has 3 nitrogen and oxygen atoms in total. The van der Waals surface area contributed by atoms with Crippen LogP contribution in [0.4, 0.5) is 0 Å². The monoisotopic (exact) mass is 302 g/mol. The lowest BCUT2D eigenvalue weighted by molar-refractivity contribution is -0.898. The first-order valence-corrected chi connectivity index (χ1v) is 7.55. The van der Waals surface area contributed by atoms with E-state index < -0.39 is 0 Å². The zero-order valence-corrected chi connectivity index (χ0v) is 13.9. The molecule has 120 valence electrons. The Kier molecular flexibility index (Phi) is 7.47. The number of allylic oxidation sites excluding steroid dienone is 1. The Balaban J connectivity index is 2.80. The van der Waals surface area contributed by atoms with E-state index in [1.165, 1.54) is 0 Å². The van der Waals surface area contributed by atoms with Crippen molar-refractivity contribution in [2.24, 2.45) is 0 Å². The largest absolute Gasteiger partial charge is 0.493 e. The maximum absolute atomic E-state index is 6.04. The number of hydrogen-bond acceptors (Lipinski definition) is 2. The fourth-order valence-corrected chi connectivity index (χ4v) is 2.45. The zero-order valence-electron chi connectivity index (χ0n) is 13.9. The van der Waals surface area contributed by atoms with Gasteiger partial charge in [0.05, 0.1) is 27.2 Å². The van der Waals surface area contributed by atoms with Crippen molar-refractivity contribution in [2.45, 2.75) is 6.42 Å². The second-order valence-corrected chi connectivity index (χ2v) is 5.58. The summed E-state index contributed by atoms with van der Waals surface area (Å²) in [4.78, 5) is 0. The quantitative estimate of drug-likeness (QED) is 0.459. The Morgan fingerprint density at radius 3 is 2.32 bits per heavy atom. The summed E-state index contributed by atoms with van der Waals surface area (Å²) >= 11 is 0. The molecule has 0 aliphatic rings. The van der Waals surface area contributed by atoms with Gasteiger partial charge < -0.3 is 14.0 Å². The number of rotatable bonds is 11. The molecule has 22 heavy (non-hydrogen) atoms. The van der Waals surface area contributed by atoms with Gasteiger partial charge in [-0.05, 0) is 24.6 Å². The molecule has 0 aromatic heterocycles. The Labute approximate surface area is 134 Å². The maximum Gasteiger partial charge on any atom is 0.164 e. The third kappa shape index (κ3) is 5.08. The molecule has 0 aliphatic heterocycles. The summed E-state index contributed by atoms with van der Waals surface area (Å²) in [7, 11) is 3.84. The zero-order chi connectivity index (χ0) is 16.4. The predicted molar refractivity (Wildman–Crippen MR) is 93.6 cm³/mol. The van der Waals surface area contributed by atoms with E-state index in [2.05, 4.69) is 26.8 Å². The molecule has 0 aliphatic carbocycles. The van der Waals surface area contributed by atoms with Crippen molar-refractivity contribution in [3.05, 3.63) is 61.7 Å². The molecule has 0 bridgehead atoms. The highest BCUT2D eigenvalue weighted by atomic mass is 16.5. The molecule has 0 spiro atoms. The number of benzene rings is 1. The number of methoxy groups -OCH3 is 1. The van der Waals surface area contributed by atoms with Gasteiger partial charge in [0, 0.05) is 5.56 Å². The summed E-state index contributed by atoms with van der Waals surface area (Å²) < 4.78 is 12.3. The van der Waals surface area contributed by atoms with Crippen LogP contribution in [0.1, 0.15) is 5.56 Å². The summed E-state index contributed by atoms with van der Waals surface area (Å²) in [6.45, 7) is 14.7. The van der Waals surface area contributed by atoms with Gasteiger partial charge in [-0.2, -0.15) is 0 Å². The molecule has 1 rings (SSSR count). The number of likely N-dealkylation sites (N-methyl/N-ethyl adjacent to an activating group) is 1. The highest BCUT2D eigenvalue weighted by Gasteiger charge is 2.19. The molecule has 3 heteroatoms. The van der Waals surface area contributed by atoms with Crippen LogP contribution in [0.25, 0.3) is 0 Å². The highest BCUT2D eigenvalue weighted by molar-refractivity contribution is 5.47. The first kappa shape index (κ1) is 18.1. The summed E-state index contributed by atoms with van der Waals surface area (Å²) in [5.41, 5.74) is 1.09. The predicted octanol–water partition coefficient (Wildman–Crippen LogP) is 3.62. The van der Waals surface area contributed by atoms with E-state index in [1.807, 2.05) is 36.4 Å². The molecule has 0 N–H and O–H groups in total. The van der Waals surface area contributed by atoms with E-state index in [4.69, 9.17) is 9.47 Å². The van der Waals surface area contributed by atoms with Crippen LogP contribution >= 0.6 is 0 Å². The van der Waals surface area contributed by atoms with Gasteiger partial charge >= 0.3 is 0 Å².